The fourth-order valence-corrected chi connectivity index (χ4v) is 1.60. The maximum atomic E-state index is 12.0. The fourth-order valence-electron chi connectivity index (χ4n) is 1.60. The van der Waals surface area contributed by atoms with E-state index in [9.17, 15) is 4.79 Å². The van der Waals surface area contributed by atoms with Gasteiger partial charge in [-0.25, -0.2) is 0 Å². The first-order valence-electron chi connectivity index (χ1n) is 5.48. The molecule has 1 amide bonds. The number of likely N-dealkylation sites (N-methyl/N-ethyl adjacent to an activating group) is 1. The Hall–Kier alpha value is -0.610. The first-order chi connectivity index (χ1) is 6.84. The zero-order chi connectivity index (χ0) is 11.6. The minimum atomic E-state index is -0.466. The van der Waals surface area contributed by atoms with Gasteiger partial charge in [-0.2, -0.15) is 0 Å². The first-order valence-corrected chi connectivity index (χ1v) is 5.48. The lowest BCUT2D eigenvalue weighted by atomic mass is 9.86. The van der Waals surface area contributed by atoms with Crippen molar-refractivity contribution in [3.63, 3.8) is 0 Å². The predicted molar refractivity (Wildman–Crippen MR) is 59.2 cm³/mol. The van der Waals surface area contributed by atoms with Crippen LogP contribution in [0.5, 0.6) is 0 Å². The van der Waals surface area contributed by atoms with Crippen molar-refractivity contribution >= 4 is 5.91 Å². The monoisotopic (exact) mass is 214 g/mol. The van der Waals surface area contributed by atoms with Crippen molar-refractivity contribution in [2.45, 2.75) is 45.9 Å². The average Bonchev–Trinajstić information content (AvgIpc) is 2.65. The molecule has 2 N–H and O–H groups in total. The van der Waals surface area contributed by atoms with E-state index in [0.717, 1.165) is 19.4 Å². The van der Waals surface area contributed by atoms with Gasteiger partial charge >= 0.3 is 0 Å². The van der Waals surface area contributed by atoms with E-state index < -0.39 is 6.04 Å². The molecule has 4 nitrogen and oxygen atoms in total. The molecule has 1 rings (SSSR count). The molecule has 0 aromatic carbocycles. The van der Waals surface area contributed by atoms with Gasteiger partial charge in [-0.15, -0.1) is 0 Å². The van der Waals surface area contributed by atoms with Crippen LogP contribution in [0.4, 0.5) is 0 Å². The molecule has 4 heteroatoms. The highest BCUT2D eigenvalue weighted by Crippen LogP contribution is 2.22. The van der Waals surface area contributed by atoms with Gasteiger partial charge in [0.2, 0.25) is 5.91 Å². The van der Waals surface area contributed by atoms with Gasteiger partial charge in [0, 0.05) is 13.7 Å². The van der Waals surface area contributed by atoms with Crippen LogP contribution in [0, 0.1) is 5.41 Å². The second-order valence-corrected chi connectivity index (χ2v) is 5.26. The SMILES string of the molecule is CN(C(=O)C(N)C(C)(C)C)C1CCCO1. The largest absolute Gasteiger partial charge is 0.358 e. The van der Waals surface area contributed by atoms with Crippen LogP contribution in [0.2, 0.25) is 0 Å². The number of amides is 1. The normalized spacial score (nSPS) is 23.9. The predicted octanol–water partition coefficient (Wildman–Crippen LogP) is 0.955. The van der Waals surface area contributed by atoms with Crippen molar-refractivity contribution in [1.29, 1.82) is 0 Å². The maximum Gasteiger partial charge on any atom is 0.241 e. The lowest BCUT2D eigenvalue weighted by molar-refractivity contribution is -0.143. The van der Waals surface area contributed by atoms with E-state index in [0.29, 0.717) is 0 Å². The molecular weight excluding hydrogens is 192 g/mol. The number of nitrogens with two attached hydrogens (primary N) is 1. The quantitative estimate of drug-likeness (QED) is 0.744. The number of ether oxygens (including phenoxy) is 1. The number of hydrogen-bond acceptors (Lipinski definition) is 3. The zero-order valence-corrected chi connectivity index (χ0v) is 10.1. The third-order valence-electron chi connectivity index (χ3n) is 2.88. The molecule has 0 bridgehead atoms. The van der Waals surface area contributed by atoms with Gasteiger partial charge in [0.1, 0.15) is 6.23 Å². The molecule has 2 atom stereocenters. The highest BCUT2D eigenvalue weighted by atomic mass is 16.5. The Morgan fingerprint density at radius 2 is 2.13 bits per heavy atom. The van der Waals surface area contributed by atoms with E-state index >= 15 is 0 Å². The van der Waals surface area contributed by atoms with Crippen LogP contribution in [-0.4, -0.2) is 36.7 Å². The summed E-state index contributed by atoms with van der Waals surface area (Å²) in [5, 5.41) is 0. The molecular formula is C11H22N2O2. The van der Waals surface area contributed by atoms with Crippen molar-refractivity contribution in [2.24, 2.45) is 11.1 Å². The second-order valence-electron chi connectivity index (χ2n) is 5.26. The van der Waals surface area contributed by atoms with Crippen LogP contribution in [0.15, 0.2) is 0 Å². The molecule has 15 heavy (non-hydrogen) atoms. The number of carbonyl (C=O) groups is 1. The van der Waals surface area contributed by atoms with Crippen molar-refractivity contribution in [3.05, 3.63) is 0 Å². The average molecular weight is 214 g/mol. The first kappa shape index (κ1) is 12.5. The number of rotatable bonds is 2. The minimum absolute atomic E-state index is 0.0330. The molecule has 1 aliphatic rings. The second kappa shape index (κ2) is 4.49. The molecule has 1 saturated heterocycles. The van der Waals surface area contributed by atoms with Gasteiger partial charge in [-0.1, -0.05) is 20.8 Å². The van der Waals surface area contributed by atoms with E-state index in [2.05, 4.69) is 0 Å². The summed E-state index contributed by atoms with van der Waals surface area (Å²) in [4.78, 5) is 13.6. The summed E-state index contributed by atoms with van der Waals surface area (Å²) >= 11 is 0. The molecule has 0 aromatic rings. The Kier molecular flexibility index (Phi) is 3.73. The van der Waals surface area contributed by atoms with E-state index in [4.69, 9.17) is 10.5 Å². The number of nitrogens with zero attached hydrogens (tertiary/aromatic N) is 1. The molecule has 0 saturated carbocycles. The Morgan fingerprint density at radius 3 is 2.53 bits per heavy atom. The van der Waals surface area contributed by atoms with E-state index in [1.807, 2.05) is 20.8 Å². The van der Waals surface area contributed by atoms with Crippen molar-refractivity contribution in [2.75, 3.05) is 13.7 Å². The van der Waals surface area contributed by atoms with Crippen LogP contribution in [0.1, 0.15) is 33.6 Å². The van der Waals surface area contributed by atoms with Crippen molar-refractivity contribution in [1.82, 2.24) is 4.90 Å². The zero-order valence-electron chi connectivity index (χ0n) is 10.1. The smallest absolute Gasteiger partial charge is 0.241 e. The maximum absolute atomic E-state index is 12.0. The van der Waals surface area contributed by atoms with Crippen LogP contribution < -0.4 is 5.73 Å². The molecule has 1 heterocycles. The Balaban J connectivity index is 2.59. The summed E-state index contributed by atoms with van der Waals surface area (Å²) in [5.74, 6) is -0.0330. The van der Waals surface area contributed by atoms with Crippen LogP contribution in [0.3, 0.4) is 0 Å². The molecule has 0 spiro atoms. The molecule has 1 aliphatic heterocycles. The van der Waals surface area contributed by atoms with Crippen LogP contribution >= 0.6 is 0 Å². The highest BCUT2D eigenvalue weighted by molar-refractivity contribution is 5.82. The summed E-state index contributed by atoms with van der Waals surface area (Å²) in [5.41, 5.74) is 5.71. The van der Waals surface area contributed by atoms with Crippen LogP contribution in [-0.2, 0) is 9.53 Å². The van der Waals surface area contributed by atoms with Crippen molar-refractivity contribution < 1.29 is 9.53 Å². The molecule has 0 radical (unpaired) electrons. The van der Waals surface area contributed by atoms with E-state index in [1.54, 1.807) is 11.9 Å². The van der Waals surface area contributed by atoms with Gasteiger partial charge in [0.05, 0.1) is 6.04 Å². The summed E-state index contributed by atoms with van der Waals surface area (Å²) < 4.78 is 5.45. The van der Waals surface area contributed by atoms with Gasteiger partial charge in [-0.05, 0) is 18.3 Å². The molecule has 0 aromatic heterocycles. The third kappa shape index (κ3) is 2.92. The van der Waals surface area contributed by atoms with Crippen LogP contribution in [0.25, 0.3) is 0 Å². The highest BCUT2D eigenvalue weighted by Gasteiger charge is 2.33. The lowest BCUT2D eigenvalue weighted by Gasteiger charge is -2.32. The third-order valence-corrected chi connectivity index (χ3v) is 2.88. The molecule has 1 fully saturated rings. The molecule has 0 aliphatic carbocycles. The topological polar surface area (TPSA) is 55.6 Å². The molecule has 2 unspecified atom stereocenters. The Bertz CT molecular complexity index is 229. The van der Waals surface area contributed by atoms with E-state index in [-0.39, 0.29) is 17.6 Å². The minimum Gasteiger partial charge on any atom is -0.358 e. The Morgan fingerprint density at radius 1 is 1.53 bits per heavy atom. The number of carbonyl (C=O) groups excluding carboxylic acids is 1. The van der Waals surface area contributed by atoms with E-state index in [1.165, 1.54) is 0 Å². The standard InChI is InChI=1S/C11H22N2O2/c1-11(2,3)9(12)10(14)13(4)8-6-5-7-15-8/h8-9H,5-7,12H2,1-4H3. The van der Waals surface area contributed by atoms with Gasteiger partial charge in [0.25, 0.3) is 0 Å². The number of hydrogen-bond donors (Lipinski definition) is 1. The summed E-state index contributed by atoms with van der Waals surface area (Å²) in [7, 11) is 1.77. The molecule has 88 valence electrons. The summed E-state index contributed by atoms with van der Waals surface area (Å²) in [6, 6.07) is -0.466. The fraction of sp³-hybridized carbons (Fsp3) is 0.909. The van der Waals surface area contributed by atoms with Gasteiger partial charge in [0.15, 0.2) is 0 Å². The van der Waals surface area contributed by atoms with Crippen molar-refractivity contribution in [3.8, 4) is 0 Å². The summed E-state index contributed by atoms with van der Waals surface area (Å²) in [6.07, 6.45) is 1.86. The van der Waals surface area contributed by atoms with Gasteiger partial charge < -0.3 is 15.4 Å². The lowest BCUT2D eigenvalue weighted by Crippen LogP contribution is -2.51. The van der Waals surface area contributed by atoms with Gasteiger partial charge in [-0.3, -0.25) is 4.79 Å². The Labute approximate surface area is 91.8 Å². The summed E-state index contributed by atoms with van der Waals surface area (Å²) in [6.45, 7) is 6.66.